The Morgan fingerprint density at radius 1 is 1.16 bits per heavy atom. The molecule has 2 rings (SSSR count). The number of benzene rings is 1. The van der Waals surface area contributed by atoms with E-state index in [9.17, 15) is 0 Å². The molecule has 1 heterocycles. The summed E-state index contributed by atoms with van der Waals surface area (Å²) in [6.45, 7) is 9.97. The smallest absolute Gasteiger partial charge is 0.00887 e. The molecule has 0 amide bonds. The summed E-state index contributed by atoms with van der Waals surface area (Å²) in [6, 6.07) is 7.22. The predicted octanol–water partition coefficient (Wildman–Crippen LogP) is 2.95. The monoisotopic (exact) mass is 260 g/mol. The number of nitrogens with one attached hydrogen (secondary N) is 1. The van der Waals surface area contributed by atoms with Gasteiger partial charge in [-0.3, -0.25) is 0 Å². The molecule has 0 aliphatic carbocycles. The van der Waals surface area contributed by atoms with Crippen molar-refractivity contribution in [1.82, 2.24) is 5.32 Å². The van der Waals surface area contributed by atoms with Gasteiger partial charge in [0.25, 0.3) is 0 Å². The van der Waals surface area contributed by atoms with E-state index in [0.29, 0.717) is 0 Å². The average molecular weight is 260 g/mol. The van der Waals surface area contributed by atoms with Crippen LogP contribution < -0.4 is 11.1 Å². The van der Waals surface area contributed by atoms with E-state index in [-0.39, 0.29) is 5.41 Å². The van der Waals surface area contributed by atoms with Gasteiger partial charge in [0.2, 0.25) is 0 Å². The molecule has 106 valence electrons. The fraction of sp³-hybridized carbons (Fsp3) is 0.647. The number of hydrogen-bond acceptors (Lipinski definition) is 2. The number of aryl methyl sites for hydroxylation is 1. The molecule has 0 radical (unpaired) electrons. The molecule has 3 N–H and O–H groups in total. The first-order chi connectivity index (χ1) is 9.00. The van der Waals surface area contributed by atoms with E-state index in [2.05, 4.69) is 44.3 Å². The van der Waals surface area contributed by atoms with E-state index in [0.717, 1.165) is 38.4 Å². The zero-order valence-electron chi connectivity index (χ0n) is 12.6. The van der Waals surface area contributed by atoms with Gasteiger partial charge in [0, 0.05) is 19.0 Å². The van der Waals surface area contributed by atoms with Crippen LogP contribution in [0, 0.1) is 0 Å². The van der Waals surface area contributed by atoms with Gasteiger partial charge in [-0.1, -0.05) is 39.0 Å². The maximum absolute atomic E-state index is 5.59. The second-order valence-electron chi connectivity index (χ2n) is 6.81. The van der Waals surface area contributed by atoms with Gasteiger partial charge in [0.1, 0.15) is 0 Å². The van der Waals surface area contributed by atoms with Crippen molar-refractivity contribution in [1.29, 1.82) is 0 Å². The molecular formula is C17H28N2. The van der Waals surface area contributed by atoms with Crippen molar-refractivity contribution >= 4 is 0 Å². The molecule has 19 heavy (non-hydrogen) atoms. The highest BCUT2D eigenvalue weighted by Gasteiger charge is 2.22. The first-order valence-corrected chi connectivity index (χ1v) is 7.56. The van der Waals surface area contributed by atoms with Crippen molar-refractivity contribution in [2.75, 3.05) is 19.6 Å². The summed E-state index contributed by atoms with van der Waals surface area (Å²) < 4.78 is 0. The Hall–Kier alpha value is -0.860. The lowest BCUT2D eigenvalue weighted by Gasteiger charge is -2.30. The predicted molar refractivity (Wildman–Crippen MR) is 82.7 cm³/mol. The standard InChI is InChI=1S/C17H28N2/c1-17(2,3)16-9-13(6-4-5-7-18)8-14(10-16)15-11-19-12-15/h8-10,15,19H,4-7,11-12,18H2,1-3H3. The van der Waals surface area contributed by atoms with Gasteiger partial charge in [-0.2, -0.15) is 0 Å². The molecule has 1 fully saturated rings. The molecule has 0 bridgehead atoms. The van der Waals surface area contributed by atoms with Crippen LogP contribution in [-0.4, -0.2) is 19.6 Å². The molecule has 1 aromatic carbocycles. The van der Waals surface area contributed by atoms with E-state index in [4.69, 9.17) is 5.73 Å². The SMILES string of the molecule is CC(C)(C)c1cc(CCCCN)cc(C2CNC2)c1. The molecule has 1 aliphatic heterocycles. The van der Waals surface area contributed by atoms with Crippen LogP contribution in [0.1, 0.15) is 56.2 Å². The minimum absolute atomic E-state index is 0.232. The maximum Gasteiger partial charge on any atom is 0.00887 e. The third-order valence-corrected chi connectivity index (χ3v) is 4.05. The number of unbranched alkanes of at least 4 members (excludes halogenated alkanes) is 1. The van der Waals surface area contributed by atoms with Gasteiger partial charge in [0.05, 0.1) is 0 Å². The highest BCUT2D eigenvalue weighted by atomic mass is 14.9. The molecule has 1 saturated heterocycles. The van der Waals surface area contributed by atoms with Crippen LogP contribution in [0.2, 0.25) is 0 Å². The lowest BCUT2D eigenvalue weighted by atomic mass is 9.81. The summed E-state index contributed by atoms with van der Waals surface area (Å²) >= 11 is 0. The van der Waals surface area contributed by atoms with E-state index in [1.165, 1.54) is 23.1 Å². The number of hydrogen-bond donors (Lipinski definition) is 2. The van der Waals surface area contributed by atoms with Crippen molar-refractivity contribution in [2.24, 2.45) is 5.73 Å². The Labute approximate surface area is 117 Å². The minimum Gasteiger partial charge on any atom is -0.330 e. The molecule has 2 nitrogen and oxygen atoms in total. The molecule has 0 unspecified atom stereocenters. The fourth-order valence-corrected chi connectivity index (χ4v) is 2.53. The summed E-state index contributed by atoms with van der Waals surface area (Å²) in [5.41, 5.74) is 10.3. The van der Waals surface area contributed by atoms with Crippen LogP contribution in [0.25, 0.3) is 0 Å². The lowest BCUT2D eigenvalue weighted by Crippen LogP contribution is -2.40. The van der Waals surface area contributed by atoms with Crippen LogP contribution in [0.3, 0.4) is 0 Å². The van der Waals surface area contributed by atoms with E-state index in [1.54, 1.807) is 0 Å². The van der Waals surface area contributed by atoms with Gasteiger partial charge in [-0.05, 0) is 47.9 Å². The molecule has 1 aliphatic rings. The van der Waals surface area contributed by atoms with Crippen LogP contribution >= 0.6 is 0 Å². The molecular weight excluding hydrogens is 232 g/mol. The van der Waals surface area contributed by atoms with Crippen LogP contribution in [0.15, 0.2) is 18.2 Å². The van der Waals surface area contributed by atoms with Crippen molar-refractivity contribution in [3.63, 3.8) is 0 Å². The molecule has 0 spiro atoms. The van der Waals surface area contributed by atoms with Gasteiger partial charge in [0.15, 0.2) is 0 Å². The third-order valence-electron chi connectivity index (χ3n) is 4.05. The van der Waals surface area contributed by atoms with Crippen LogP contribution in [-0.2, 0) is 11.8 Å². The van der Waals surface area contributed by atoms with Gasteiger partial charge in [-0.15, -0.1) is 0 Å². The highest BCUT2D eigenvalue weighted by Crippen LogP contribution is 2.29. The first-order valence-electron chi connectivity index (χ1n) is 7.56. The zero-order chi connectivity index (χ0) is 13.9. The fourth-order valence-electron chi connectivity index (χ4n) is 2.53. The summed E-state index contributed by atoms with van der Waals surface area (Å²) in [6.07, 6.45) is 3.49. The Morgan fingerprint density at radius 2 is 1.89 bits per heavy atom. The van der Waals surface area contributed by atoms with E-state index < -0.39 is 0 Å². The summed E-state index contributed by atoms with van der Waals surface area (Å²) in [7, 11) is 0. The first kappa shape index (κ1) is 14.5. The van der Waals surface area contributed by atoms with Crippen LogP contribution in [0.4, 0.5) is 0 Å². The number of nitrogens with two attached hydrogens (primary N) is 1. The highest BCUT2D eigenvalue weighted by molar-refractivity contribution is 5.37. The quantitative estimate of drug-likeness (QED) is 0.799. The van der Waals surface area contributed by atoms with Crippen molar-refractivity contribution in [3.05, 3.63) is 34.9 Å². The molecule has 2 heteroatoms. The zero-order valence-corrected chi connectivity index (χ0v) is 12.6. The summed E-state index contributed by atoms with van der Waals surface area (Å²) in [5, 5.41) is 3.37. The van der Waals surface area contributed by atoms with Crippen LogP contribution in [0.5, 0.6) is 0 Å². The van der Waals surface area contributed by atoms with Crippen molar-refractivity contribution < 1.29 is 0 Å². The summed E-state index contributed by atoms with van der Waals surface area (Å²) in [5.74, 6) is 0.718. The average Bonchev–Trinajstić information content (AvgIpc) is 2.25. The Kier molecular flexibility index (Phi) is 4.64. The second-order valence-corrected chi connectivity index (χ2v) is 6.81. The van der Waals surface area contributed by atoms with Gasteiger partial charge >= 0.3 is 0 Å². The van der Waals surface area contributed by atoms with Gasteiger partial charge in [-0.25, -0.2) is 0 Å². The Balaban J connectivity index is 2.21. The molecule has 0 aromatic heterocycles. The molecule has 0 atom stereocenters. The Bertz CT molecular complexity index is 414. The molecule has 0 saturated carbocycles. The van der Waals surface area contributed by atoms with Gasteiger partial charge < -0.3 is 11.1 Å². The normalized spacial score (nSPS) is 16.4. The van der Waals surface area contributed by atoms with E-state index in [1.807, 2.05) is 0 Å². The minimum atomic E-state index is 0.232. The van der Waals surface area contributed by atoms with E-state index >= 15 is 0 Å². The third kappa shape index (κ3) is 3.80. The Morgan fingerprint density at radius 3 is 2.42 bits per heavy atom. The van der Waals surface area contributed by atoms with Crippen molar-refractivity contribution in [3.8, 4) is 0 Å². The maximum atomic E-state index is 5.59. The van der Waals surface area contributed by atoms with Crippen molar-refractivity contribution in [2.45, 2.75) is 51.4 Å². The lowest BCUT2D eigenvalue weighted by molar-refractivity contribution is 0.446. The largest absolute Gasteiger partial charge is 0.330 e. The second kappa shape index (κ2) is 6.06. The number of rotatable bonds is 5. The topological polar surface area (TPSA) is 38.0 Å². The summed E-state index contributed by atoms with van der Waals surface area (Å²) in [4.78, 5) is 0. The molecule has 1 aromatic rings.